The zero-order chi connectivity index (χ0) is 19.3. The molecule has 0 heterocycles. The van der Waals surface area contributed by atoms with Gasteiger partial charge in [-0.3, -0.25) is 4.79 Å². The first-order valence-corrected chi connectivity index (χ1v) is 7.46. The molecule has 5 nitrogen and oxygen atoms in total. The monoisotopic (exact) mass is 384 g/mol. The lowest BCUT2D eigenvalue weighted by atomic mass is 10.1. The molecule has 0 aliphatic heterocycles. The average Bonchev–Trinajstić information content (AvgIpc) is 2.62. The predicted octanol–water partition coefficient (Wildman–Crippen LogP) is 5.49. The van der Waals surface area contributed by atoms with Crippen LogP contribution in [0.15, 0.2) is 64.5 Å². The molecule has 26 heavy (non-hydrogen) atoms. The number of alkyl halides is 3. The Bertz CT molecular complexity index is 845. The molecule has 0 unspecified atom stereocenters. The molecule has 0 aliphatic carbocycles. The second-order valence-electron chi connectivity index (χ2n) is 4.93. The first kappa shape index (κ1) is 19.5. The maximum absolute atomic E-state index is 12.8. The number of rotatable bonds is 5. The molecule has 9 heteroatoms. The molecule has 1 N–H and O–H groups in total. The molecule has 2 aromatic rings. The summed E-state index contributed by atoms with van der Waals surface area (Å²) in [4.78, 5) is 11.6. The largest absolute Gasteiger partial charge is 0.505 e. The molecule has 0 aliphatic rings. The van der Waals surface area contributed by atoms with Gasteiger partial charge in [0.15, 0.2) is 11.5 Å². The van der Waals surface area contributed by atoms with E-state index in [1.54, 1.807) is 0 Å². The molecule has 0 spiro atoms. The number of carbonyl (C=O) groups is 1. The Balaban J connectivity index is 2.46. The van der Waals surface area contributed by atoms with Gasteiger partial charge in [-0.1, -0.05) is 11.6 Å². The maximum atomic E-state index is 12.8. The minimum atomic E-state index is -5.23. The van der Waals surface area contributed by atoms with Crippen molar-refractivity contribution >= 4 is 28.8 Å². The molecule has 2 aromatic carbocycles. The van der Waals surface area contributed by atoms with Crippen LogP contribution in [0.2, 0.25) is 5.02 Å². The Kier molecular flexibility index (Phi) is 5.99. The Labute approximate surface area is 151 Å². The Morgan fingerprint density at radius 2 is 1.65 bits per heavy atom. The summed E-state index contributed by atoms with van der Waals surface area (Å²) in [6, 6.07) is 11.1. The van der Waals surface area contributed by atoms with Crippen LogP contribution in [-0.4, -0.2) is 24.2 Å². The molecule has 0 atom stereocenters. The van der Waals surface area contributed by atoms with Crippen LogP contribution < -0.4 is 4.74 Å². The highest BCUT2D eigenvalue weighted by Gasteiger charge is 2.43. The third-order valence-electron chi connectivity index (χ3n) is 3.15. The number of azo groups is 1. The summed E-state index contributed by atoms with van der Waals surface area (Å²) in [5.74, 6) is -2.77. The molecule has 0 amide bonds. The van der Waals surface area contributed by atoms with Crippen LogP contribution in [0.5, 0.6) is 5.75 Å². The van der Waals surface area contributed by atoms with Crippen LogP contribution >= 0.6 is 11.6 Å². The van der Waals surface area contributed by atoms with Crippen molar-refractivity contribution in [1.29, 1.82) is 0 Å². The molecular formula is C17H12ClF3N2O3. The van der Waals surface area contributed by atoms with Crippen molar-refractivity contribution in [2.24, 2.45) is 10.2 Å². The normalized spacial score (nSPS) is 12.8. The number of halogens is 4. The number of carbonyl (C=O) groups excluding carboxylic acids is 1. The van der Waals surface area contributed by atoms with Crippen molar-refractivity contribution in [3.8, 4) is 5.75 Å². The number of aliphatic hydroxyl groups is 1. The zero-order valence-corrected chi connectivity index (χ0v) is 14.0. The number of ether oxygens (including phenoxy) is 1. The second-order valence-corrected chi connectivity index (χ2v) is 5.37. The summed E-state index contributed by atoms with van der Waals surface area (Å²) in [6.07, 6.45) is -5.23. The van der Waals surface area contributed by atoms with Gasteiger partial charge in [0.05, 0.1) is 12.8 Å². The first-order chi connectivity index (χ1) is 12.2. The predicted molar refractivity (Wildman–Crippen MR) is 89.6 cm³/mol. The molecule has 0 saturated heterocycles. The zero-order valence-electron chi connectivity index (χ0n) is 13.3. The summed E-state index contributed by atoms with van der Waals surface area (Å²) in [5, 5.41) is 17.3. The standard InChI is InChI=1S/C17H12ClF3N2O3/c1-26-13-8-6-12(7-9-13)22-23-14(16(25)17(19,20)21)15(24)10-2-4-11(18)5-3-10/h2-9,24H,1H3/b15-14+,23-22?. The number of ketones is 1. The van der Waals surface area contributed by atoms with Crippen LogP contribution in [0.25, 0.3) is 5.76 Å². The fraction of sp³-hybridized carbons (Fsp3) is 0.118. The molecule has 0 radical (unpaired) electrons. The van der Waals surface area contributed by atoms with Crippen molar-refractivity contribution < 1.29 is 27.8 Å². The van der Waals surface area contributed by atoms with E-state index in [9.17, 15) is 23.1 Å². The fourth-order valence-electron chi connectivity index (χ4n) is 1.84. The van der Waals surface area contributed by atoms with Crippen molar-refractivity contribution in [3.05, 3.63) is 64.8 Å². The minimum Gasteiger partial charge on any atom is -0.505 e. The first-order valence-electron chi connectivity index (χ1n) is 7.09. The lowest BCUT2D eigenvalue weighted by Gasteiger charge is -2.08. The summed E-state index contributed by atoms with van der Waals surface area (Å²) in [7, 11) is 1.45. The van der Waals surface area contributed by atoms with E-state index in [1.165, 1.54) is 55.6 Å². The highest BCUT2D eigenvalue weighted by atomic mass is 35.5. The summed E-state index contributed by atoms with van der Waals surface area (Å²) in [5.41, 5.74) is -1.12. The molecule has 0 bridgehead atoms. The van der Waals surface area contributed by atoms with Gasteiger partial charge < -0.3 is 9.84 Å². The van der Waals surface area contributed by atoms with E-state index in [4.69, 9.17) is 16.3 Å². The summed E-state index contributed by atoms with van der Waals surface area (Å²) in [6.45, 7) is 0. The third-order valence-corrected chi connectivity index (χ3v) is 3.40. The van der Waals surface area contributed by atoms with E-state index in [2.05, 4.69) is 10.2 Å². The second kappa shape index (κ2) is 8.01. The number of nitrogens with zero attached hydrogens (tertiary/aromatic N) is 2. The van der Waals surface area contributed by atoms with Crippen molar-refractivity contribution in [2.45, 2.75) is 6.18 Å². The quantitative estimate of drug-likeness (QED) is 0.421. The van der Waals surface area contributed by atoms with Gasteiger partial charge in [0, 0.05) is 10.6 Å². The van der Waals surface area contributed by atoms with Gasteiger partial charge >= 0.3 is 6.18 Å². The highest BCUT2D eigenvalue weighted by molar-refractivity contribution is 6.30. The van der Waals surface area contributed by atoms with Crippen LogP contribution in [0, 0.1) is 0 Å². The lowest BCUT2D eigenvalue weighted by Crippen LogP contribution is -2.24. The van der Waals surface area contributed by atoms with E-state index < -0.39 is 23.4 Å². The van der Waals surface area contributed by atoms with Crippen LogP contribution in [0.1, 0.15) is 5.56 Å². The van der Waals surface area contributed by atoms with Crippen LogP contribution in [0.3, 0.4) is 0 Å². The molecule has 0 fully saturated rings. The number of allylic oxidation sites excluding steroid dienone is 1. The number of hydrogen-bond donors (Lipinski definition) is 1. The Morgan fingerprint density at radius 1 is 1.08 bits per heavy atom. The molecule has 0 aromatic heterocycles. The van der Waals surface area contributed by atoms with Crippen LogP contribution in [0.4, 0.5) is 18.9 Å². The van der Waals surface area contributed by atoms with E-state index in [0.29, 0.717) is 10.8 Å². The highest BCUT2D eigenvalue weighted by Crippen LogP contribution is 2.28. The molecule has 2 rings (SSSR count). The lowest BCUT2D eigenvalue weighted by molar-refractivity contribution is -0.166. The van der Waals surface area contributed by atoms with Gasteiger partial charge in [0.25, 0.3) is 5.78 Å². The number of aliphatic hydroxyl groups excluding tert-OH is 1. The topological polar surface area (TPSA) is 71.2 Å². The average molecular weight is 385 g/mol. The van der Waals surface area contributed by atoms with Gasteiger partial charge in [0.2, 0.25) is 0 Å². The molecule has 0 saturated carbocycles. The molecule has 136 valence electrons. The molecular weight excluding hydrogens is 373 g/mol. The number of benzene rings is 2. The third kappa shape index (κ3) is 4.82. The van der Waals surface area contributed by atoms with E-state index >= 15 is 0 Å². The van der Waals surface area contributed by atoms with E-state index in [0.717, 1.165) is 0 Å². The minimum absolute atomic E-state index is 0.0596. The number of methoxy groups -OCH3 is 1. The van der Waals surface area contributed by atoms with Gasteiger partial charge in [-0.25, -0.2) is 0 Å². The number of Topliss-reactive ketones (excluding diaryl/α,β-unsaturated/α-hetero) is 1. The maximum Gasteiger partial charge on any atom is 0.456 e. The Hall–Kier alpha value is -2.87. The SMILES string of the molecule is COc1ccc(N=N/C(C(=O)C(F)(F)F)=C(/O)c2ccc(Cl)cc2)cc1. The van der Waals surface area contributed by atoms with Gasteiger partial charge in [-0.05, 0) is 48.5 Å². The van der Waals surface area contributed by atoms with Gasteiger partial charge in [-0.15, -0.1) is 5.11 Å². The van der Waals surface area contributed by atoms with Crippen molar-refractivity contribution in [1.82, 2.24) is 0 Å². The van der Waals surface area contributed by atoms with Crippen molar-refractivity contribution in [3.63, 3.8) is 0 Å². The smallest absolute Gasteiger partial charge is 0.456 e. The summed E-state index contributed by atoms with van der Waals surface area (Å²) >= 11 is 5.70. The van der Waals surface area contributed by atoms with Gasteiger partial charge in [-0.2, -0.15) is 18.3 Å². The van der Waals surface area contributed by atoms with Crippen LogP contribution in [-0.2, 0) is 4.79 Å². The summed E-state index contributed by atoms with van der Waals surface area (Å²) < 4.78 is 43.4. The van der Waals surface area contributed by atoms with Gasteiger partial charge in [0.1, 0.15) is 5.75 Å². The fourth-order valence-corrected chi connectivity index (χ4v) is 1.96. The Morgan fingerprint density at radius 3 is 2.15 bits per heavy atom. The van der Waals surface area contributed by atoms with E-state index in [-0.39, 0.29) is 11.3 Å². The number of hydrogen-bond acceptors (Lipinski definition) is 5. The van der Waals surface area contributed by atoms with E-state index in [1.807, 2.05) is 0 Å². The van der Waals surface area contributed by atoms with Crippen molar-refractivity contribution in [2.75, 3.05) is 7.11 Å².